The van der Waals surface area contributed by atoms with Gasteiger partial charge in [-0.2, -0.15) is 20.5 Å². The van der Waals surface area contributed by atoms with Crippen molar-refractivity contribution < 1.29 is 14.2 Å². The van der Waals surface area contributed by atoms with Gasteiger partial charge >= 0.3 is 12.0 Å². The Kier molecular flexibility index (Phi) is 5.85. The van der Waals surface area contributed by atoms with Crippen molar-refractivity contribution in [3.8, 4) is 24.2 Å². The predicted molar refractivity (Wildman–Crippen MR) is 143 cm³/mol. The minimum Gasteiger partial charge on any atom is -0.463 e. The van der Waals surface area contributed by atoms with Crippen LogP contribution in [-0.2, 0) is 16.6 Å². The van der Waals surface area contributed by atoms with Crippen molar-refractivity contribution >= 4 is 22.3 Å². The number of nitrogens with zero attached hydrogens (tertiary/aromatic N) is 7. The smallest absolute Gasteiger partial charge is 0.324 e. The number of nitrogen functional groups attached to an aromatic ring is 1. The lowest BCUT2D eigenvalue weighted by atomic mass is 9.74. The summed E-state index contributed by atoms with van der Waals surface area (Å²) in [5.41, 5.74) is 7.50. The highest BCUT2D eigenvalue weighted by Crippen LogP contribution is 2.52. The van der Waals surface area contributed by atoms with Crippen LogP contribution in [0.5, 0.6) is 12.0 Å². The lowest BCUT2D eigenvalue weighted by Gasteiger charge is -2.48. The van der Waals surface area contributed by atoms with Crippen molar-refractivity contribution in [2.24, 2.45) is 10.8 Å². The van der Waals surface area contributed by atoms with Crippen LogP contribution in [0.15, 0.2) is 0 Å². The Balaban J connectivity index is 1.08. The number of hydrogen-bond acceptors (Lipinski definition) is 12. The fourth-order valence-corrected chi connectivity index (χ4v) is 7.32. The first-order valence-corrected chi connectivity index (χ1v) is 14.6. The van der Waals surface area contributed by atoms with Crippen LogP contribution < -0.4 is 20.1 Å². The second-order valence-corrected chi connectivity index (χ2v) is 13.1. The zero-order valence-corrected chi connectivity index (χ0v) is 22.8. The number of thiophene rings is 1. The van der Waals surface area contributed by atoms with Crippen LogP contribution in [0.25, 0.3) is 0 Å². The molecule has 204 valence electrons. The largest absolute Gasteiger partial charge is 0.463 e. The van der Waals surface area contributed by atoms with E-state index in [-0.39, 0.29) is 29.5 Å². The van der Waals surface area contributed by atoms with Crippen molar-refractivity contribution in [3.63, 3.8) is 0 Å². The standard InChI is InChI=1S/C27H32N8O3S/c28-11-18-20-19(39-21(18)30)1-2-27(20)14-35(15-27)22-31-23(37-16-25(12-29)3-4-25)33-24(32-22)38-17-26(5-6-26)13-34-7-9-36-10-8-34/h1-10,13-17,30H2. The average Bonchev–Trinajstić information content (AvgIpc) is 3.82. The quantitative estimate of drug-likeness (QED) is 0.492. The molecule has 3 aliphatic carbocycles. The van der Waals surface area contributed by atoms with Gasteiger partial charge in [0.1, 0.15) is 17.7 Å². The molecule has 2 N–H and O–H groups in total. The van der Waals surface area contributed by atoms with E-state index in [1.54, 1.807) is 11.3 Å². The van der Waals surface area contributed by atoms with Crippen LogP contribution in [-0.4, -0.2) is 79.0 Å². The van der Waals surface area contributed by atoms with E-state index < -0.39 is 5.41 Å². The molecule has 2 aliphatic heterocycles. The molecule has 0 bridgehead atoms. The van der Waals surface area contributed by atoms with Gasteiger partial charge in [0.2, 0.25) is 5.95 Å². The number of ether oxygens (including phenoxy) is 3. The molecule has 0 amide bonds. The number of aryl methyl sites for hydroxylation is 1. The van der Waals surface area contributed by atoms with Crippen LogP contribution in [0.3, 0.4) is 0 Å². The molecule has 0 atom stereocenters. The Labute approximate surface area is 231 Å². The van der Waals surface area contributed by atoms with E-state index in [0.717, 1.165) is 76.9 Å². The van der Waals surface area contributed by atoms with E-state index in [1.165, 1.54) is 4.88 Å². The van der Waals surface area contributed by atoms with E-state index in [1.807, 2.05) is 0 Å². The van der Waals surface area contributed by atoms with Crippen molar-refractivity contribution in [1.29, 1.82) is 10.5 Å². The molecule has 11 nitrogen and oxygen atoms in total. The number of nitriles is 2. The molecule has 0 aromatic carbocycles. The predicted octanol–water partition coefficient (Wildman–Crippen LogP) is 2.26. The highest BCUT2D eigenvalue weighted by Gasteiger charge is 2.52. The van der Waals surface area contributed by atoms with E-state index in [0.29, 0.717) is 36.2 Å². The van der Waals surface area contributed by atoms with Crippen LogP contribution in [0.2, 0.25) is 0 Å². The normalized spacial score (nSPS) is 23.4. The summed E-state index contributed by atoms with van der Waals surface area (Å²) in [7, 11) is 0. The molecule has 2 saturated carbocycles. The van der Waals surface area contributed by atoms with Crippen LogP contribution in [0.4, 0.5) is 10.9 Å². The number of fused-ring (bicyclic) bond motifs is 2. The maximum absolute atomic E-state index is 9.73. The third-order valence-electron chi connectivity index (χ3n) is 9.03. The average molecular weight is 549 g/mol. The van der Waals surface area contributed by atoms with Gasteiger partial charge in [-0.25, -0.2) is 0 Å². The number of hydrogen-bond donors (Lipinski definition) is 1. The molecule has 0 unspecified atom stereocenters. The molecule has 2 aromatic heterocycles. The Hall–Kier alpha value is -3.19. The van der Waals surface area contributed by atoms with Gasteiger partial charge in [0.15, 0.2) is 0 Å². The van der Waals surface area contributed by atoms with Crippen molar-refractivity contribution in [2.75, 3.05) is 69.8 Å². The van der Waals surface area contributed by atoms with E-state index in [4.69, 9.17) is 19.9 Å². The van der Waals surface area contributed by atoms with Gasteiger partial charge in [0.25, 0.3) is 0 Å². The molecule has 1 spiro atoms. The molecule has 2 aromatic rings. The minimum atomic E-state index is -0.433. The van der Waals surface area contributed by atoms with Gasteiger partial charge in [0.05, 0.1) is 36.9 Å². The highest BCUT2D eigenvalue weighted by atomic mass is 32.1. The summed E-state index contributed by atoms with van der Waals surface area (Å²) in [5.74, 6) is 0.510. The van der Waals surface area contributed by atoms with Crippen LogP contribution in [0.1, 0.15) is 48.1 Å². The van der Waals surface area contributed by atoms with Gasteiger partial charge in [-0.1, -0.05) is 0 Å². The summed E-state index contributed by atoms with van der Waals surface area (Å²) < 4.78 is 17.6. The summed E-state index contributed by atoms with van der Waals surface area (Å²) in [6, 6.07) is 5.14. The molecule has 5 aliphatic rings. The molecule has 2 saturated heterocycles. The Morgan fingerprint density at radius 1 is 0.974 bits per heavy atom. The fourth-order valence-electron chi connectivity index (χ4n) is 6.18. The molecular weight excluding hydrogens is 516 g/mol. The first-order valence-electron chi connectivity index (χ1n) is 13.7. The molecule has 7 rings (SSSR count). The molecule has 4 heterocycles. The van der Waals surface area contributed by atoms with Crippen LogP contribution in [0, 0.1) is 33.5 Å². The second-order valence-electron chi connectivity index (χ2n) is 11.9. The molecule has 4 fully saturated rings. The van der Waals surface area contributed by atoms with Gasteiger partial charge in [0, 0.05) is 48.4 Å². The minimum absolute atomic E-state index is 0.0989. The Morgan fingerprint density at radius 3 is 2.33 bits per heavy atom. The van der Waals surface area contributed by atoms with E-state index in [9.17, 15) is 10.5 Å². The SMILES string of the molecule is N#Cc1c(N)sc2c1C1(CC2)CN(c2nc(OCC3(C#N)CC3)nc(OCC3(CN4CCOCC4)CC3)n2)C1. The van der Waals surface area contributed by atoms with E-state index in [2.05, 4.69) is 36.9 Å². The summed E-state index contributed by atoms with van der Waals surface area (Å²) in [4.78, 5) is 19.6. The third-order valence-corrected chi connectivity index (χ3v) is 10.1. The summed E-state index contributed by atoms with van der Waals surface area (Å²) in [5, 5.41) is 19.8. The Morgan fingerprint density at radius 2 is 1.69 bits per heavy atom. The fraction of sp³-hybridized carbons (Fsp3) is 0.667. The van der Waals surface area contributed by atoms with Crippen LogP contribution >= 0.6 is 11.3 Å². The topological polar surface area (TPSA) is 146 Å². The lowest BCUT2D eigenvalue weighted by Crippen LogP contribution is -2.59. The van der Waals surface area contributed by atoms with Gasteiger partial charge in [-0.3, -0.25) is 4.90 Å². The number of nitrogens with two attached hydrogens (primary N) is 1. The number of anilines is 2. The van der Waals surface area contributed by atoms with Crippen molar-refractivity contribution in [3.05, 3.63) is 16.0 Å². The number of morpholine rings is 1. The highest BCUT2D eigenvalue weighted by molar-refractivity contribution is 7.16. The summed E-state index contributed by atoms with van der Waals surface area (Å²) in [6.07, 6.45) is 5.84. The third kappa shape index (κ3) is 4.54. The zero-order chi connectivity index (χ0) is 26.7. The molecule has 12 heteroatoms. The zero-order valence-electron chi connectivity index (χ0n) is 21.9. The maximum atomic E-state index is 9.73. The maximum Gasteiger partial charge on any atom is 0.324 e. The molecule has 0 radical (unpaired) electrons. The number of rotatable bonds is 9. The van der Waals surface area contributed by atoms with Gasteiger partial charge in [-0.15, -0.1) is 16.3 Å². The second kappa shape index (κ2) is 9.19. The van der Waals surface area contributed by atoms with Crippen molar-refractivity contribution in [1.82, 2.24) is 19.9 Å². The lowest BCUT2D eigenvalue weighted by molar-refractivity contribution is 0.0230. The first kappa shape index (κ1) is 24.8. The number of aromatic nitrogens is 3. The van der Waals surface area contributed by atoms with Gasteiger partial charge in [-0.05, 0) is 44.1 Å². The molecule has 39 heavy (non-hydrogen) atoms. The van der Waals surface area contributed by atoms with Gasteiger partial charge < -0.3 is 24.8 Å². The van der Waals surface area contributed by atoms with Crippen molar-refractivity contribution in [2.45, 2.75) is 43.9 Å². The monoisotopic (exact) mass is 548 g/mol. The Bertz CT molecular complexity index is 1360. The summed E-state index contributed by atoms with van der Waals surface area (Å²) in [6.45, 7) is 6.69. The first-order chi connectivity index (χ1) is 18.9. The van der Waals surface area contributed by atoms with E-state index >= 15 is 0 Å². The molecular formula is C27H32N8O3S. The summed E-state index contributed by atoms with van der Waals surface area (Å²) >= 11 is 1.54.